The number of benzene rings is 2. The normalized spacial score (nSPS) is 16.8. The van der Waals surface area contributed by atoms with Crippen LogP contribution in [0.2, 0.25) is 0 Å². The number of nitrogens with zero attached hydrogens (tertiary/aromatic N) is 5. The molecule has 0 saturated carbocycles. The summed E-state index contributed by atoms with van der Waals surface area (Å²) < 4.78 is 17.6. The van der Waals surface area contributed by atoms with Crippen molar-refractivity contribution in [2.45, 2.75) is 24.6 Å². The van der Waals surface area contributed by atoms with E-state index in [9.17, 15) is 14.3 Å². The van der Waals surface area contributed by atoms with Gasteiger partial charge in [0.15, 0.2) is 5.84 Å². The van der Waals surface area contributed by atoms with Crippen molar-refractivity contribution in [2.24, 2.45) is 10.1 Å². The van der Waals surface area contributed by atoms with Gasteiger partial charge >= 0.3 is 5.97 Å². The molecule has 3 aromatic rings. The summed E-state index contributed by atoms with van der Waals surface area (Å²) in [6.07, 6.45) is 3.69. The highest BCUT2D eigenvalue weighted by atomic mass is 79.9. The largest absolute Gasteiger partial charge is 0.481 e. The molecule has 7 nitrogen and oxygen atoms in total. The van der Waals surface area contributed by atoms with Crippen LogP contribution >= 0.6 is 27.9 Å². The first kappa shape index (κ1) is 23.5. The van der Waals surface area contributed by atoms with Gasteiger partial charge in [0, 0.05) is 40.2 Å². The van der Waals surface area contributed by atoms with Gasteiger partial charge in [-0.2, -0.15) is 0 Å². The van der Waals surface area contributed by atoms with Gasteiger partial charge in [0.1, 0.15) is 18.5 Å². The van der Waals surface area contributed by atoms with Crippen LogP contribution in [0.1, 0.15) is 29.5 Å². The van der Waals surface area contributed by atoms with E-state index in [1.165, 1.54) is 6.07 Å². The maximum atomic E-state index is 14.9. The van der Waals surface area contributed by atoms with Gasteiger partial charge < -0.3 is 10.0 Å². The number of hydrazone groups is 1. The standard InChI is InChI=1S/C25H21BrFN5O2S/c26-17-5-7-22-19(13-17)24(18-3-1-2-4-20(18)27)29-21(6-8-23(33)34)25-30-32(15-31(22)25)35-14-16-9-11-28-12-10-16/h1-5,7,9-13,21H,6,8,14-15H2,(H,33,34)/t21-/m0/s1. The van der Waals surface area contributed by atoms with E-state index >= 15 is 0 Å². The summed E-state index contributed by atoms with van der Waals surface area (Å²) in [6.45, 7) is 0.462. The van der Waals surface area contributed by atoms with Crippen LogP contribution < -0.4 is 4.90 Å². The van der Waals surface area contributed by atoms with Gasteiger partial charge in [-0.15, -0.1) is 5.10 Å². The number of aliphatic imine (C=N–C) groups is 1. The minimum Gasteiger partial charge on any atom is -0.481 e. The molecule has 0 radical (unpaired) electrons. The molecule has 178 valence electrons. The molecule has 2 aliphatic rings. The van der Waals surface area contributed by atoms with Crippen molar-refractivity contribution < 1.29 is 14.3 Å². The number of amidine groups is 1. The number of carboxylic acid groups (broad SMARTS) is 1. The van der Waals surface area contributed by atoms with Gasteiger partial charge in [0.2, 0.25) is 0 Å². The van der Waals surface area contributed by atoms with E-state index in [1.54, 1.807) is 42.5 Å². The molecule has 2 aromatic carbocycles. The van der Waals surface area contributed by atoms with Gasteiger partial charge in [0.05, 0.1) is 11.4 Å². The minimum absolute atomic E-state index is 0.0736. The first-order chi connectivity index (χ1) is 17.0. The van der Waals surface area contributed by atoms with Gasteiger partial charge in [-0.05, 0) is 66.4 Å². The summed E-state index contributed by atoms with van der Waals surface area (Å²) in [7, 11) is 0. The minimum atomic E-state index is -0.911. The molecule has 1 aromatic heterocycles. The molecule has 35 heavy (non-hydrogen) atoms. The quantitative estimate of drug-likeness (QED) is 0.399. The summed E-state index contributed by atoms with van der Waals surface area (Å²) in [5.41, 5.74) is 3.59. The lowest BCUT2D eigenvalue weighted by Crippen LogP contribution is -2.36. The SMILES string of the molecule is O=C(O)CC[C@@H]1N=C(c2ccccc2F)c2cc(Br)ccc2N2CN(SCc3ccncc3)N=C12. The van der Waals surface area contributed by atoms with Crippen molar-refractivity contribution in [2.75, 3.05) is 11.6 Å². The maximum Gasteiger partial charge on any atom is 0.303 e. The van der Waals surface area contributed by atoms with E-state index in [2.05, 4.69) is 20.9 Å². The van der Waals surface area contributed by atoms with E-state index in [-0.39, 0.29) is 18.7 Å². The molecule has 0 unspecified atom stereocenters. The van der Waals surface area contributed by atoms with Crippen LogP contribution in [0.15, 0.2) is 81.6 Å². The predicted molar refractivity (Wildman–Crippen MR) is 139 cm³/mol. The van der Waals surface area contributed by atoms with Crippen LogP contribution in [0.4, 0.5) is 10.1 Å². The van der Waals surface area contributed by atoms with E-state index in [0.29, 0.717) is 29.5 Å². The second-order valence-corrected chi connectivity index (χ2v) is 9.96. The Labute approximate surface area is 214 Å². The molecule has 0 amide bonds. The third kappa shape index (κ3) is 5.08. The van der Waals surface area contributed by atoms with Crippen LogP contribution in [-0.4, -0.2) is 44.7 Å². The number of hydrogen-bond acceptors (Lipinski definition) is 7. The molecular weight excluding hydrogens is 533 g/mol. The fourth-order valence-electron chi connectivity index (χ4n) is 4.08. The van der Waals surface area contributed by atoms with Crippen LogP contribution in [0.3, 0.4) is 0 Å². The lowest BCUT2D eigenvalue weighted by Gasteiger charge is -2.23. The average molecular weight is 554 g/mol. The number of rotatable bonds is 7. The Balaban J connectivity index is 1.57. The lowest BCUT2D eigenvalue weighted by atomic mass is 9.99. The van der Waals surface area contributed by atoms with Crippen molar-refractivity contribution >= 4 is 51.1 Å². The summed E-state index contributed by atoms with van der Waals surface area (Å²) >= 11 is 5.10. The second kappa shape index (κ2) is 10.2. The monoisotopic (exact) mass is 553 g/mol. The zero-order valence-corrected chi connectivity index (χ0v) is 20.9. The summed E-state index contributed by atoms with van der Waals surface area (Å²) in [4.78, 5) is 22.5. The van der Waals surface area contributed by atoms with Crippen molar-refractivity contribution in [1.29, 1.82) is 0 Å². The molecule has 0 bridgehead atoms. The number of hydrogen-bond donors (Lipinski definition) is 1. The topological polar surface area (TPSA) is 81.4 Å². The first-order valence-corrected chi connectivity index (χ1v) is 12.7. The zero-order valence-electron chi connectivity index (χ0n) is 18.5. The van der Waals surface area contributed by atoms with E-state index in [0.717, 1.165) is 21.3 Å². The van der Waals surface area contributed by atoms with E-state index in [1.807, 2.05) is 39.6 Å². The second-order valence-electron chi connectivity index (χ2n) is 8.08. The Morgan fingerprint density at radius 2 is 1.94 bits per heavy atom. The highest BCUT2D eigenvalue weighted by Crippen LogP contribution is 2.36. The van der Waals surface area contributed by atoms with E-state index < -0.39 is 12.0 Å². The average Bonchev–Trinajstić information content (AvgIpc) is 3.23. The summed E-state index contributed by atoms with van der Waals surface area (Å²) in [6, 6.07) is 15.7. The maximum absolute atomic E-state index is 14.9. The number of aromatic nitrogens is 1. The van der Waals surface area contributed by atoms with Crippen molar-refractivity contribution in [3.8, 4) is 0 Å². The van der Waals surface area contributed by atoms with Gasteiger partial charge in [0.25, 0.3) is 0 Å². The molecule has 1 atom stereocenters. The van der Waals surface area contributed by atoms with E-state index in [4.69, 9.17) is 10.1 Å². The molecule has 0 spiro atoms. The van der Waals surface area contributed by atoms with Crippen LogP contribution in [0.25, 0.3) is 0 Å². The van der Waals surface area contributed by atoms with Crippen LogP contribution in [0.5, 0.6) is 0 Å². The molecule has 10 heteroatoms. The molecule has 5 rings (SSSR count). The number of carboxylic acids is 1. The molecule has 0 saturated heterocycles. The van der Waals surface area contributed by atoms with Crippen molar-refractivity contribution in [3.05, 3.63) is 94.0 Å². The number of pyridine rings is 1. The number of fused-ring (bicyclic) bond motifs is 3. The summed E-state index contributed by atoms with van der Waals surface area (Å²) in [5, 5.41) is 14.2. The first-order valence-electron chi connectivity index (χ1n) is 11.0. The number of anilines is 1. The molecule has 2 aliphatic heterocycles. The highest BCUT2D eigenvalue weighted by Gasteiger charge is 2.36. The molecule has 0 fully saturated rings. The van der Waals surface area contributed by atoms with Crippen molar-refractivity contribution in [1.82, 2.24) is 9.40 Å². The Kier molecular flexibility index (Phi) is 6.83. The van der Waals surface area contributed by atoms with Crippen molar-refractivity contribution in [3.63, 3.8) is 0 Å². The third-order valence-electron chi connectivity index (χ3n) is 5.73. The van der Waals surface area contributed by atoms with Gasteiger partial charge in [-0.25, -0.2) is 8.80 Å². The fourth-order valence-corrected chi connectivity index (χ4v) is 5.27. The third-order valence-corrected chi connectivity index (χ3v) is 7.18. The number of aliphatic carboxylic acids is 1. The summed E-state index contributed by atoms with van der Waals surface area (Å²) in [5.74, 6) is 0.0754. The number of carbonyl (C=O) groups is 1. The molecule has 1 N–H and O–H groups in total. The molecular formula is C25H21BrFN5O2S. The van der Waals surface area contributed by atoms with Gasteiger partial charge in [-0.3, -0.25) is 14.8 Å². The number of halogens is 2. The van der Waals surface area contributed by atoms with Gasteiger partial charge in [-0.1, -0.05) is 28.1 Å². The smallest absolute Gasteiger partial charge is 0.303 e. The highest BCUT2D eigenvalue weighted by molar-refractivity contribution is 9.10. The Bertz CT molecular complexity index is 1320. The lowest BCUT2D eigenvalue weighted by molar-refractivity contribution is -0.137. The molecule has 3 heterocycles. The fraction of sp³-hybridized carbons (Fsp3) is 0.200. The Morgan fingerprint density at radius 3 is 2.71 bits per heavy atom. The van der Waals surface area contributed by atoms with Crippen LogP contribution in [-0.2, 0) is 10.5 Å². The molecule has 0 aliphatic carbocycles. The Hall–Kier alpha value is -3.24. The predicted octanol–water partition coefficient (Wildman–Crippen LogP) is 5.31. The van der Waals surface area contributed by atoms with Crippen LogP contribution in [0, 0.1) is 5.82 Å². The Morgan fingerprint density at radius 1 is 1.14 bits per heavy atom. The zero-order chi connectivity index (χ0) is 24.4.